The number of nitrogens with zero attached hydrogens (tertiary/aromatic N) is 2. The van der Waals surface area contributed by atoms with E-state index in [4.69, 9.17) is 4.42 Å². The van der Waals surface area contributed by atoms with Crippen LogP contribution < -0.4 is 0 Å². The molecule has 0 aliphatic rings. The van der Waals surface area contributed by atoms with E-state index in [-0.39, 0.29) is 0 Å². The van der Waals surface area contributed by atoms with Crippen LogP contribution in [0.15, 0.2) is 186 Å². The van der Waals surface area contributed by atoms with Gasteiger partial charge in [0.25, 0.3) is 0 Å². The lowest BCUT2D eigenvalue weighted by Gasteiger charge is -2.11. The molecule has 11 aromatic rings. The van der Waals surface area contributed by atoms with E-state index in [1.165, 1.54) is 65.9 Å². The van der Waals surface area contributed by atoms with Crippen LogP contribution in [0.25, 0.3) is 99.2 Å². The van der Waals surface area contributed by atoms with Crippen molar-refractivity contribution in [1.82, 2.24) is 9.13 Å². The monoisotopic (exact) mass is 650 g/mol. The molecule has 0 atom stereocenters. The predicted octanol–water partition coefficient (Wildman–Crippen LogP) is 13.1. The minimum atomic E-state index is 0.912. The van der Waals surface area contributed by atoms with Crippen molar-refractivity contribution in [3.8, 4) is 33.6 Å². The maximum absolute atomic E-state index is 6.20. The number of hydrogen-bond donors (Lipinski definition) is 0. The van der Waals surface area contributed by atoms with Gasteiger partial charge >= 0.3 is 0 Å². The topological polar surface area (TPSA) is 23.0 Å². The van der Waals surface area contributed by atoms with Gasteiger partial charge in [0, 0.05) is 43.7 Å². The van der Waals surface area contributed by atoms with Crippen LogP contribution in [0, 0.1) is 0 Å². The molecule has 238 valence electrons. The van der Waals surface area contributed by atoms with Gasteiger partial charge in [-0.15, -0.1) is 0 Å². The Morgan fingerprint density at radius 2 is 0.863 bits per heavy atom. The SMILES string of the molecule is c1ccc(-n2c3ccccc3c3ccc(-c4cccc5c4c4ccccc4n5-c4ccc(-c5cccc6oc7ccccc7c56)cc4)cc32)cc1. The van der Waals surface area contributed by atoms with Crippen molar-refractivity contribution in [3.05, 3.63) is 182 Å². The molecule has 0 saturated heterocycles. The maximum atomic E-state index is 6.20. The first kappa shape index (κ1) is 28.0. The predicted molar refractivity (Wildman–Crippen MR) is 213 cm³/mol. The number of aromatic nitrogens is 2. The van der Waals surface area contributed by atoms with Crippen LogP contribution >= 0.6 is 0 Å². The van der Waals surface area contributed by atoms with Crippen LogP contribution in [-0.4, -0.2) is 9.13 Å². The van der Waals surface area contributed by atoms with Crippen LogP contribution in [-0.2, 0) is 0 Å². The Labute approximate surface area is 293 Å². The van der Waals surface area contributed by atoms with E-state index in [0.717, 1.165) is 33.3 Å². The van der Waals surface area contributed by atoms with Crippen LogP contribution in [0.5, 0.6) is 0 Å². The van der Waals surface area contributed by atoms with E-state index in [2.05, 4.69) is 179 Å². The number of furan rings is 1. The number of benzene rings is 8. The Balaban J connectivity index is 1.10. The molecule has 0 fully saturated rings. The average molecular weight is 651 g/mol. The Kier molecular flexibility index (Phi) is 5.96. The third-order valence-electron chi connectivity index (χ3n) is 10.5. The molecule has 3 heterocycles. The zero-order valence-electron chi connectivity index (χ0n) is 27.6. The summed E-state index contributed by atoms with van der Waals surface area (Å²) in [4.78, 5) is 0. The van der Waals surface area contributed by atoms with Gasteiger partial charge in [-0.2, -0.15) is 0 Å². The van der Waals surface area contributed by atoms with E-state index >= 15 is 0 Å². The normalized spacial score (nSPS) is 11.9. The van der Waals surface area contributed by atoms with Crippen LogP contribution in [0.1, 0.15) is 0 Å². The zero-order chi connectivity index (χ0) is 33.5. The molecule has 0 radical (unpaired) electrons. The third kappa shape index (κ3) is 4.12. The average Bonchev–Trinajstić information content (AvgIpc) is 3.86. The van der Waals surface area contributed by atoms with Crippen molar-refractivity contribution in [3.63, 3.8) is 0 Å². The van der Waals surface area contributed by atoms with Crippen molar-refractivity contribution < 1.29 is 4.42 Å². The van der Waals surface area contributed by atoms with Gasteiger partial charge in [-0.1, -0.05) is 121 Å². The molecule has 51 heavy (non-hydrogen) atoms. The van der Waals surface area contributed by atoms with E-state index in [0.29, 0.717) is 0 Å². The first-order valence-electron chi connectivity index (χ1n) is 17.4. The third-order valence-corrected chi connectivity index (χ3v) is 10.5. The lowest BCUT2D eigenvalue weighted by Crippen LogP contribution is -1.94. The Bertz CT molecular complexity index is 3120. The van der Waals surface area contributed by atoms with Gasteiger partial charge in [0.2, 0.25) is 0 Å². The fourth-order valence-corrected chi connectivity index (χ4v) is 8.34. The summed E-state index contributed by atoms with van der Waals surface area (Å²) in [5, 5.41) is 7.32. The summed E-state index contributed by atoms with van der Waals surface area (Å²) in [7, 11) is 0. The Morgan fingerprint density at radius 3 is 1.69 bits per heavy atom. The molecule has 3 heteroatoms. The van der Waals surface area contributed by atoms with Crippen LogP contribution in [0.2, 0.25) is 0 Å². The fourth-order valence-electron chi connectivity index (χ4n) is 8.34. The number of fused-ring (bicyclic) bond motifs is 9. The highest BCUT2D eigenvalue weighted by Gasteiger charge is 2.19. The molecule has 3 nitrogen and oxygen atoms in total. The molecule has 0 spiro atoms. The molecular weight excluding hydrogens is 621 g/mol. The molecule has 3 aromatic heterocycles. The van der Waals surface area contributed by atoms with Gasteiger partial charge in [-0.3, -0.25) is 0 Å². The summed E-state index contributed by atoms with van der Waals surface area (Å²) in [6, 6.07) is 65.5. The van der Waals surface area contributed by atoms with Gasteiger partial charge in [-0.25, -0.2) is 0 Å². The summed E-state index contributed by atoms with van der Waals surface area (Å²) in [6.45, 7) is 0. The van der Waals surface area contributed by atoms with Crippen LogP contribution in [0.4, 0.5) is 0 Å². The minimum Gasteiger partial charge on any atom is -0.456 e. The molecule has 11 rings (SSSR count). The van der Waals surface area contributed by atoms with Gasteiger partial charge < -0.3 is 13.6 Å². The highest BCUT2D eigenvalue weighted by atomic mass is 16.3. The standard InChI is InChI=1S/C48H30N2O/c1-2-12-33(13-3-1)50-41-19-7-4-14-37(41)38-29-26-32(30-44(38)50)36-17-10-21-43-47(36)39-15-5-8-20-42(39)49(43)34-27-24-31(25-28-34)35-18-11-23-46-48(35)40-16-6-9-22-45(40)51-46/h1-30H. The Hall–Kier alpha value is -6.84. The number of hydrogen-bond acceptors (Lipinski definition) is 1. The van der Waals surface area contributed by atoms with Crippen molar-refractivity contribution in [1.29, 1.82) is 0 Å². The molecule has 0 bridgehead atoms. The first-order chi connectivity index (χ1) is 25.3. The van der Waals surface area contributed by atoms with Gasteiger partial charge in [-0.05, 0) is 82.9 Å². The van der Waals surface area contributed by atoms with Crippen molar-refractivity contribution in [2.45, 2.75) is 0 Å². The molecule has 0 amide bonds. The molecule has 8 aromatic carbocycles. The summed E-state index contributed by atoms with van der Waals surface area (Å²) in [5.41, 5.74) is 13.7. The second-order valence-corrected chi connectivity index (χ2v) is 13.3. The van der Waals surface area contributed by atoms with Crippen molar-refractivity contribution >= 4 is 65.6 Å². The first-order valence-corrected chi connectivity index (χ1v) is 17.4. The number of rotatable bonds is 4. The quantitative estimate of drug-likeness (QED) is 0.186. The fraction of sp³-hybridized carbons (Fsp3) is 0. The van der Waals surface area contributed by atoms with Gasteiger partial charge in [0.05, 0.1) is 22.1 Å². The second-order valence-electron chi connectivity index (χ2n) is 13.3. The van der Waals surface area contributed by atoms with Crippen LogP contribution in [0.3, 0.4) is 0 Å². The maximum Gasteiger partial charge on any atom is 0.136 e. The lowest BCUT2D eigenvalue weighted by atomic mass is 9.98. The second kappa shape index (κ2) is 10.8. The van der Waals surface area contributed by atoms with Crippen molar-refractivity contribution in [2.75, 3.05) is 0 Å². The largest absolute Gasteiger partial charge is 0.456 e. The molecule has 0 N–H and O–H groups in total. The molecular formula is C48H30N2O. The van der Waals surface area contributed by atoms with E-state index in [1.54, 1.807) is 0 Å². The number of para-hydroxylation sites is 4. The van der Waals surface area contributed by atoms with E-state index in [1.807, 2.05) is 12.1 Å². The highest BCUT2D eigenvalue weighted by Crippen LogP contribution is 2.42. The van der Waals surface area contributed by atoms with Gasteiger partial charge in [0.1, 0.15) is 11.2 Å². The minimum absolute atomic E-state index is 0.912. The highest BCUT2D eigenvalue weighted by molar-refractivity contribution is 6.17. The summed E-state index contributed by atoms with van der Waals surface area (Å²) in [6.07, 6.45) is 0. The summed E-state index contributed by atoms with van der Waals surface area (Å²) >= 11 is 0. The molecule has 0 aliphatic carbocycles. The Morgan fingerprint density at radius 1 is 0.314 bits per heavy atom. The zero-order valence-corrected chi connectivity index (χ0v) is 27.6. The van der Waals surface area contributed by atoms with E-state index in [9.17, 15) is 0 Å². The summed E-state index contributed by atoms with van der Waals surface area (Å²) in [5.74, 6) is 0. The van der Waals surface area contributed by atoms with Gasteiger partial charge in [0.15, 0.2) is 0 Å². The van der Waals surface area contributed by atoms with Crippen molar-refractivity contribution in [2.24, 2.45) is 0 Å². The smallest absolute Gasteiger partial charge is 0.136 e. The molecule has 0 aliphatic heterocycles. The van der Waals surface area contributed by atoms with E-state index < -0.39 is 0 Å². The molecule has 0 saturated carbocycles. The molecule has 0 unspecified atom stereocenters. The summed E-state index contributed by atoms with van der Waals surface area (Å²) < 4.78 is 11.0. The lowest BCUT2D eigenvalue weighted by molar-refractivity contribution is 0.669.